The second kappa shape index (κ2) is 9.39. The van der Waals surface area contributed by atoms with E-state index >= 15 is 0 Å². The molecule has 0 aliphatic heterocycles. The Labute approximate surface area is 147 Å². The fraction of sp³-hybridized carbons (Fsp3) is 0.389. The van der Waals surface area contributed by atoms with Crippen LogP contribution in [0.25, 0.3) is 0 Å². The lowest BCUT2D eigenvalue weighted by Gasteiger charge is -2.24. The molecule has 0 aliphatic carbocycles. The molecule has 1 unspecified atom stereocenters. The van der Waals surface area contributed by atoms with E-state index in [4.69, 9.17) is 0 Å². The van der Waals surface area contributed by atoms with Crippen molar-refractivity contribution in [2.75, 3.05) is 27.2 Å². The lowest BCUT2D eigenvalue weighted by Crippen LogP contribution is -2.41. The molecule has 6 heteroatoms. The van der Waals surface area contributed by atoms with Crippen LogP contribution < -0.4 is 10.6 Å². The summed E-state index contributed by atoms with van der Waals surface area (Å²) >= 11 is 1.75. The van der Waals surface area contributed by atoms with Crippen molar-refractivity contribution in [2.24, 2.45) is 4.99 Å². The molecule has 2 aromatic rings. The average molecular weight is 348 g/mol. The molecule has 1 heterocycles. The predicted octanol–water partition coefficient (Wildman–Crippen LogP) is 3.25. The molecule has 2 rings (SSSR count). The molecule has 1 atom stereocenters. The summed E-state index contributed by atoms with van der Waals surface area (Å²) in [4.78, 5) is 8.05. The van der Waals surface area contributed by atoms with Crippen LogP contribution in [0.2, 0.25) is 0 Å². The first-order valence-electron chi connectivity index (χ1n) is 8.06. The minimum absolute atomic E-state index is 0.231. The van der Waals surface area contributed by atoms with Crippen molar-refractivity contribution in [1.29, 1.82) is 0 Å². The second-order valence-electron chi connectivity index (χ2n) is 5.70. The third kappa shape index (κ3) is 5.62. The average Bonchev–Trinajstić information content (AvgIpc) is 3.06. The van der Waals surface area contributed by atoms with E-state index in [1.54, 1.807) is 17.4 Å². The van der Waals surface area contributed by atoms with Gasteiger partial charge in [-0.2, -0.15) is 0 Å². The van der Waals surface area contributed by atoms with Crippen LogP contribution in [0.5, 0.6) is 0 Å². The van der Waals surface area contributed by atoms with Gasteiger partial charge in [0.05, 0.1) is 12.6 Å². The van der Waals surface area contributed by atoms with Gasteiger partial charge in [-0.05, 0) is 50.2 Å². The summed E-state index contributed by atoms with van der Waals surface area (Å²) in [5.41, 5.74) is 0.856. The molecule has 0 bridgehead atoms. The van der Waals surface area contributed by atoms with Gasteiger partial charge in [0.1, 0.15) is 5.82 Å². The van der Waals surface area contributed by atoms with Gasteiger partial charge in [0.25, 0.3) is 0 Å². The Kier molecular flexibility index (Phi) is 7.21. The third-order valence-corrected chi connectivity index (χ3v) is 4.58. The van der Waals surface area contributed by atoms with Crippen molar-refractivity contribution >= 4 is 17.3 Å². The summed E-state index contributed by atoms with van der Waals surface area (Å²) in [5, 5.41) is 8.71. The summed E-state index contributed by atoms with van der Waals surface area (Å²) in [6, 6.07) is 11.0. The number of aliphatic imine (C=N–C) groups is 1. The van der Waals surface area contributed by atoms with Crippen LogP contribution in [0.4, 0.5) is 4.39 Å². The Balaban J connectivity index is 2.00. The van der Waals surface area contributed by atoms with Crippen LogP contribution in [0.15, 0.2) is 46.8 Å². The summed E-state index contributed by atoms with van der Waals surface area (Å²) in [5.74, 6) is 0.510. The Bertz CT molecular complexity index is 640. The fourth-order valence-electron chi connectivity index (χ4n) is 2.36. The van der Waals surface area contributed by atoms with Gasteiger partial charge >= 0.3 is 0 Å². The molecule has 4 nitrogen and oxygen atoms in total. The number of nitrogens with zero attached hydrogens (tertiary/aromatic N) is 2. The number of rotatable bonds is 7. The minimum Gasteiger partial charge on any atom is -0.357 e. The number of benzene rings is 1. The maximum absolute atomic E-state index is 13.3. The van der Waals surface area contributed by atoms with Gasteiger partial charge in [-0.3, -0.25) is 0 Å². The zero-order valence-corrected chi connectivity index (χ0v) is 15.2. The number of likely N-dealkylation sites (N-methyl/N-ethyl adjacent to an activating group) is 1. The largest absolute Gasteiger partial charge is 0.357 e. The number of halogens is 1. The maximum atomic E-state index is 13.3. The number of hydrogen-bond acceptors (Lipinski definition) is 3. The molecule has 0 radical (unpaired) electrons. The lowest BCUT2D eigenvalue weighted by atomic mass is 10.2. The van der Waals surface area contributed by atoms with E-state index < -0.39 is 0 Å². The van der Waals surface area contributed by atoms with Gasteiger partial charge in [0, 0.05) is 18.0 Å². The van der Waals surface area contributed by atoms with Crippen molar-refractivity contribution in [3.05, 3.63) is 58.0 Å². The Morgan fingerprint density at radius 2 is 2.08 bits per heavy atom. The van der Waals surface area contributed by atoms with Crippen molar-refractivity contribution < 1.29 is 4.39 Å². The van der Waals surface area contributed by atoms with E-state index in [0.29, 0.717) is 6.54 Å². The topological polar surface area (TPSA) is 39.7 Å². The lowest BCUT2D eigenvalue weighted by molar-refractivity contribution is 0.302. The normalized spacial score (nSPS) is 13.1. The molecule has 0 saturated carbocycles. The fourth-order valence-corrected chi connectivity index (χ4v) is 3.28. The molecule has 0 fully saturated rings. The zero-order valence-electron chi connectivity index (χ0n) is 14.4. The summed E-state index contributed by atoms with van der Waals surface area (Å²) in [7, 11) is 4.14. The highest BCUT2D eigenvalue weighted by Crippen LogP contribution is 2.22. The van der Waals surface area contributed by atoms with Crippen molar-refractivity contribution in [3.8, 4) is 0 Å². The third-order valence-electron chi connectivity index (χ3n) is 3.61. The van der Waals surface area contributed by atoms with Crippen LogP contribution in [0, 0.1) is 5.82 Å². The standard InChI is InChI=1S/C18H25FN4S/c1-4-20-18(21-12-14-7-5-8-15(19)11-14)22-13-16(23(2)3)17-9-6-10-24-17/h5-11,16H,4,12-13H2,1-3H3,(H2,20,21,22). The van der Waals surface area contributed by atoms with Crippen molar-refractivity contribution in [1.82, 2.24) is 15.5 Å². The van der Waals surface area contributed by atoms with Crippen LogP contribution in [0.1, 0.15) is 23.4 Å². The van der Waals surface area contributed by atoms with E-state index in [-0.39, 0.29) is 11.9 Å². The highest BCUT2D eigenvalue weighted by molar-refractivity contribution is 7.10. The monoisotopic (exact) mass is 348 g/mol. The van der Waals surface area contributed by atoms with Gasteiger partial charge in [-0.1, -0.05) is 18.2 Å². The molecule has 130 valence electrons. The molecule has 0 amide bonds. The molecular formula is C18H25FN4S. The van der Waals surface area contributed by atoms with E-state index in [1.165, 1.54) is 17.0 Å². The highest BCUT2D eigenvalue weighted by Gasteiger charge is 2.15. The van der Waals surface area contributed by atoms with Crippen molar-refractivity contribution in [3.63, 3.8) is 0 Å². The van der Waals surface area contributed by atoms with E-state index in [2.05, 4.69) is 52.1 Å². The molecule has 1 aromatic heterocycles. The minimum atomic E-state index is -0.231. The number of hydrogen-bond donors (Lipinski definition) is 2. The van der Waals surface area contributed by atoms with E-state index in [0.717, 1.165) is 24.6 Å². The summed E-state index contributed by atoms with van der Waals surface area (Å²) in [6.07, 6.45) is 0. The number of nitrogens with one attached hydrogen (secondary N) is 2. The Morgan fingerprint density at radius 1 is 1.25 bits per heavy atom. The van der Waals surface area contributed by atoms with Gasteiger partial charge in [-0.25, -0.2) is 9.38 Å². The van der Waals surface area contributed by atoms with Crippen LogP contribution >= 0.6 is 11.3 Å². The maximum Gasteiger partial charge on any atom is 0.191 e. The van der Waals surface area contributed by atoms with Gasteiger partial charge < -0.3 is 15.5 Å². The number of thiophene rings is 1. The van der Waals surface area contributed by atoms with Crippen LogP contribution in [0.3, 0.4) is 0 Å². The molecule has 24 heavy (non-hydrogen) atoms. The molecule has 2 N–H and O–H groups in total. The first-order valence-corrected chi connectivity index (χ1v) is 8.94. The molecule has 1 aromatic carbocycles. The quantitative estimate of drug-likeness (QED) is 0.596. The summed E-state index contributed by atoms with van der Waals surface area (Å²) < 4.78 is 13.3. The summed E-state index contributed by atoms with van der Waals surface area (Å²) in [6.45, 7) is 4.00. The number of guanidine groups is 1. The Morgan fingerprint density at radius 3 is 2.71 bits per heavy atom. The molecule has 0 saturated heterocycles. The van der Waals surface area contributed by atoms with Gasteiger partial charge in [0.15, 0.2) is 5.96 Å². The Hall–Kier alpha value is -1.92. The zero-order chi connectivity index (χ0) is 17.4. The molecular weight excluding hydrogens is 323 g/mol. The smallest absolute Gasteiger partial charge is 0.191 e. The van der Waals surface area contributed by atoms with Crippen LogP contribution in [-0.4, -0.2) is 38.0 Å². The first-order chi connectivity index (χ1) is 11.6. The van der Waals surface area contributed by atoms with Crippen LogP contribution in [-0.2, 0) is 6.54 Å². The highest BCUT2D eigenvalue weighted by atomic mass is 32.1. The van der Waals surface area contributed by atoms with Gasteiger partial charge in [0.2, 0.25) is 0 Å². The second-order valence-corrected chi connectivity index (χ2v) is 6.68. The first kappa shape index (κ1) is 18.4. The predicted molar refractivity (Wildman–Crippen MR) is 100.0 cm³/mol. The van der Waals surface area contributed by atoms with Gasteiger partial charge in [-0.15, -0.1) is 11.3 Å². The molecule has 0 aliphatic rings. The van der Waals surface area contributed by atoms with E-state index in [1.807, 2.05) is 13.0 Å². The molecule has 0 spiro atoms. The van der Waals surface area contributed by atoms with E-state index in [9.17, 15) is 4.39 Å². The van der Waals surface area contributed by atoms with Crippen molar-refractivity contribution in [2.45, 2.75) is 19.5 Å². The SMILES string of the molecule is CCNC(=NCc1cccc(F)c1)NCC(c1cccs1)N(C)C.